The molecule has 0 saturated heterocycles. The van der Waals surface area contributed by atoms with Crippen molar-refractivity contribution >= 4 is 10.9 Å². The number of para-hydroxylation sites is 1. The van der Waals surface area contributed by atoms with E-state index in [1.807, 2.05) is 12.1 Å². The Labute approximate surface area is 115 Å². The van der Waals surface area contributed by atoms with Gasteiger partial charge in [-0.2, -0.15) is 0 Å². The van der Waals surface area contributed by atoms with Gasteiger partial charge in [0.2, 0.25) is 5.88 Å². The summed E-state index contributed by atoms with van der Waals surface area (Å²) in [5, 5.41) is 4.56. The zero-order valence-corrected chi connectivity index (χ0v) is 11.9. The van der Waals surface area contributed by atoms with E-state index in [1.54, 1.807) is 0 Å². The van der Waals surface area contributed by atoms with Crippen LogP contribution < -0.4 is 10.1 Å². The zero-order valence-electron chi connectivity index (χ0n) is 11.9. The maximum Gasteiger partial charge on any atom is 0.214 e. The standard InChI is InChI=1S/C16H22N2O/c1-4-12(3)19-16-10-13(11-17-5-2)14-8-6-7-9-15(14)18-16/h6-10,12,17H,4-5,11H2,1-3H3. The molecule has 0 saturated carbocycles. The first-order chi connectivity index (χ1) is 9.24. The number of nitrogens with one attached hydrogen (secondary N) is 1. The highest BCUT2D eigenvalue weighted by atomic mass is 16.5. The van der Waals surface area contributed by atoms with Crippen LogP contribution in [0.25, 0.3) is 10.9 Å². The summed E-state index contributed by atoms with van der Waals surface area (Å²) in [5.74, 6) is 0.723. The summed E-state index contributed by atoms with van der Waals surface area (Å²) in [6.45, 7) is 8.10. The predicted octanol–water partition coefficient (Wildman–Crippen LogP) is 3.52. The highest BCUT2D eigenvalue weighted by molar-refractivity contribution is 5.82. The lowest BCUT2D eigenvalue weighted by molar-refractivity contribution is 0.209. The second-order valence-corrected chi connectivity index (χ2v) is 4.75. The number of hydrogen-bond donors (Lipinski definition) is 1. The monoisotopic (exact) mass is 258 g/mol. The van der Waals surface area contributed by atoms with Gasteiger partial charge >= 0.3 is 0 Å². The fourth-order valence-electron chi connectivity index (χ4n) is 1.98. The van der Waals surface area contributed by atoms with Gasteiger partial charge in [0.25, 0.3) is 0 Å². The summed E-state index contributed by atoms with van der Waals surface area (Å²) in [6, 6.07) is 10.3. The van der Waals surface area contributed by atoms with E-state index in [0.717, 1.165) is 30.9 Å². The summed E-state index contributed by atoms with van der Waals surface area (Å²) in [4.78, 5) is 4.58. The topological polar surface area (TPSA) is 34.1 Å². The molecule has 3 nitrogen and oxygen atoms in total. The first kappa shape index (κ1) is 13.8. The van der Waals surface area contributed by atoms with Gasteiger partial charge in [0.1, 0.15) is 0 Å². The summed E-state index contributed by atoms with van der Waals surface area (Å²) >= 11 is 0. The van der Waals surface area contributed by atoms with Crippen molar-refractivity contribution in [2.45, 2.75) is 39.8 Å². The predicted molar refractivity (Wildman–Crippen MR) is 79.5 cm³/mol. The number of hydrogen-bond acceptors (Lipinski definition) is 3. The van der Waals surface area contributed by atoms with Crippen molar-refractivity contribution in [2.75, 3.05) is 6.54 Å². The highest BCUT2D eigenvalue weighted by Gasteiger charge is 2.08. The summed E-state index contributed by atoms with van der Waals surface area (Å²) in [7, 11) is 0. The van der Waals surface area contributed by atoms with E-state index >= 15 is 0 Å². The molecule has 0 fully saturated rings. The summed E-state index contributed by atoms with van der Waals surface area (Å²) in [6.07, 6.45) is 1.18. The average Bonchev–Trinajstić information content (AvgIpc) is 2.44. The first-order valence-corrected chi connectivity index (χ1v) is 7.00. The molecular formula is C16H22N2O. The van der Waals surface area contributed by atoms with Crippen LogP contribution in [0.4, 0.5) is 0 Å². The molecule has 3 heteroatoms. The molecule has 0 bridgehead atoms. The van der Waals surface area contributed by atoms with E-state index in [2.05, 4.69) is 49.3 Å². The molecule has 2 aromatic rings. The minimum atomic E-state index is 0.195. The Bertz CT molecular complexity index is 539. The smallest absolute Gasteiger partial charge is 0.214 e. The van der Waals surface area contributed by atoms with E-state index in [-0.39, 0.29) is 6.10 Å². The summed E-state index contributed by atoms with van der Waals surface area (Å²) < 4.78 is 5.85. The normalized spacial score (nSPS) is 12.6. The largest absolute Gasteiger partial charge is 0.475 e. The number of ether oxygens (including phenoxy) is 1. The number of nitrogens with zero attached hydrogens (tertiary/aromatic N) is 1. The van der Waals surface area contributed by atoms with E-state index in [0.29, 0.717) is 0 Å². The molecule has 1 atom stereocenters. The number of fused-ring (bicyclic) bond motifs is 1. The van der Waals surface area contributed by atoms with Crippen molar-refractivity contribution < 1.29 is 4.74 Å². The number of aromatic nitrogens is 1. The Morgan fingerprint density at radius 1 is 1.26 bits per heavy atom. The lowest BCUT2D eigenvalue weighted by Crippen LogP contribution is -2.14. The van der Waals surface area contributed by atoms with Gasteiger partial charge in [-0.1, -0.05) is 32.0 Å². The Hall–Kier alpha value is -1.61. The SMILES string of the molecule is CCNCc1cc(OC(C)CC)nc2ccccc12. The Morgan fingerprint density at radius 3 is 2.79 bits per heavy atom. The fraction of sp³-hybridized carbons (Fsp3) is 0.438. The van der Waals surface area contributed by atoms with Gasteiger partial charge in [-0.05, 0) is 31.5 Å². The Morgan fingerprint density at radius 2 is 2.05 bits per heavy atom. The van der Waals surface area contributed by atoms with E-state index in [4.69, 9.17) is 4.74 Å². The third-order valence-corrected chi connectivity index (χ3v) is 3.24. The van der Waals surface area contributed by atoms with Crippen molar-refractivity contribution in [1.82, 2.24) is 10.3 Å². The molecule has 0 aliphatic carbocycles. The van der Waals surface area contributed by atoms with Crippen LogP contribution in [0.3, 0.4) is 0 Å². The van der Waals surface area contributed by atoms with E-state index < -0.39 is 0 Å². The molecule has 0 amide bonds. The lowest BCUT2D eigenvalue weighted by Gasteiger charge is -2.14. The quantitative estimate of drug-likeness (QED) is 0.860. The van der Waals surface area contributed by atoms with Crippen LogP contribution in [0.15, 0.2) is 30.3 Å². The van der Waals surface area contributed by atoms with Crippen molar-refractivity contribution in [2.24, 2.45) is 0 Å². The zero-order chi connectivity index (χ0) is 13.7. The lowest BCUT2D eigenvalue weighted by atomic mass is 10.1. The molecule has 1 N–H and O–H groups in total. The van der Waals surface area contributed by atoms with Crippen LogP contribution >= 0.6 is 0 Å². The summed E-state index contributed by atoms with van der Waals surface area (Å²) in [5.41, 5.74) is 2.24. The van der Waals surface area contributed by atoms with Gasteiger partial charge in [0, 0.05) is 18.0 Å². The molecule has 0 aliphatic heterocycles. The Balaban J connectivity index is 2.38. The van der Waals surface area contributed by atoms with Crippen molar-refractivity contribution in [3.05, 3.63) is 35.9 Å². The van der Waals surface area contributed by atoms with Crippen LogP contribution in [-0.2, 0) is 6.54 Å². The molecule has 1 unspecified atom stereocenters. The molecule has 1 heterocycles. The number of rotatable bonds is 6. The van der Waals surface area contributed by atoms with Crippen molar-refractivity contribution in [1.29, 1.82) is 0 Å². The van der Waals surface area contributed by atoms with Crippen LogP contribution in [0, 0.1) is 0 Å². The molecule has 1 aromatic carbocycles. The van der Waals surface area contributed by atoms with Gasteiger partial charge in [-0.15, -0.1) is 0 Å². The second kappa shape index (κ2) is 6.53. The van der Waals surface area contributed by atoms with Crippen LogP contribution in [0.1, 0.15) is 32.8 Å². The molecule has 1 aromatic heterocycles. The molecule has 0 aliphatic rings. The third kappa shape index (κ3) is 3.44. The van der Waals surface area contributed by atoms with Crippen LogP contribution in [-0.4, -0.2) is 17.6 Å². The van der Waals surface area contributed by atoms with E-state index in [9.17, 15) is 0 Å². The van der Waals surface area contributed by atoms with Crippen LogP contribution in [0.2, 0.25) is 0 Å². The molecule has 0 spiro atoms. The first-order valence-electron chi connectivity index (χ1n) is 7.00. The maximum atomic E-state index is 5.85. The molecule has 2 rings (SSSR count). The van der Waals surface area contributed by atoms with E-state index in [1.165, 1.54) is 10.9 Å². The van der Waals surface area contributed by atoms with Gasteiger partial charge in [-0.3, -0.25) is 0 Å². The van der Waals surface area contributed by atoms with Gasteiger partial charge < -0.3 is 10.1 Å². The minimum absolute atomic E-state index is 0.195. The molecular weight excluding hydrogens is 236 g/mol. The maximum absolute atomic E-state index is 5.85. The Kier molecular flexibility index (Phi) is 4.74. The second-order valence-electron chi connectivity index (χ2n) is 4.75. The van der Waals surface area contributed by atoms with Crippen LogP contribution in [0.5, 0.6) is 5.88 Å². The number of pyridine rings is 1. The fourth-order valence-corrected chi connectivity index (χ4v) is 1.98. The highest BCUT2D eigenvalue weighted by Crippen LogP contribution is 2.22. The van der Waals surface area contributed by atoms with Crippen molar-refractivity contribution in [3.63, 3.8) is 0 Å². The minimum Gasteiger partial charge on any atom is -0.475 e. The molecule has 19 heavy (non-hydrogen) atoms. The van der Waals surface area contributed by atoms with Crippen molar-refractivity contribution in [3.8, 4) is 5.88 Å². The average molecular weight is 258 g/mol. The van der Waals surface area contributed by atoms with Gasteiger partial charge in [0.05, 0.1) is 11.6 Å². The number of benzene rings is 1. The molecule has 102 valence electrons. The van der Waals surface area contributed by atoms with Gasteiger partial charge in [-0.25, -0.2) is 4.98 Å². The van der Waals surface area contributed by atoms with Gasteiger partial charge in [0.15, 0.2) is 0 Å². The molecule has 0 radical (unpaired) electrons. The third-order valence-electron chi connectivity index (χ3n) is 3.24.